The van der Waals surface area contributed by atoms with Crippen LogP contribution in [0.1, 0.15) is 16.1 Å². The summed E-state index contributed by atoms with van der Waals surface area (Å²) in [6.45, 7) is 0. The van der Waals surface area contributed by atoms with Gasteiger partial charge in [-0.2, -0.15) is 10.2 Å². The quantitative estimate of drug-likeness (QED) is 0.471. The Kier molecular flexibility index (Phi) is 6.08. The summed E-state index contributed by atoms with van der Waals surface area (Å²) >= 11 is 0. The van der Waals surface area contributed by atoms with E-state index in [4.69, 9.17) is 14.2 Å². The van der Waals surface area contributed by atoms with Gasteiger partial charge < -0.3 is 14.2 Å². The Labute approximate surface area is 166 Å². The van der Waals surface area contributed by atoms with Gasteiger partial charge in [0.05, 0.1) is 38.8 Å². The van der Waals surface area contributed by atoms with Crippen LogP contribution in [-0.2, 0) is 0 Å². The van der Waals surface area contributed by atoms with Crippen LogP contribution in [0.3, 0.4) is 0 Å². The van der Waals surface area contributed by atoms with Crippen LogP contribution in [0.2, 0.25) is 0 Å². The van der Waals surface area contributed by atoms with Crippen molar-refractivity contribution in [2.45, 2.75) is 0 Å². The van der Waals surface area contributed by atoms with Crippen molar-refractivity contribution in [1.82, 2.24) is 15.6 Å². The number of halogens is 1. The molecule has 2 N–H and O–H groups in total. The van der Waals surface area contributed by atoms with Crippen LogP contribution in [0.5, 0.6) is 17.2 Å². The third-order valence-electron chi connectivity index (χ3n) is 4.08. The number of ether oxygens (including phenoxy) is 3. The van der Waals surface area contributed by atoms with Crippen LogP contribution >= 0.6 is 0 Å². The van der Waals surface area contributed by atoms with E-state index < -0.39 is 5.91 Å². The lowest BCUT2D eigenvalue weighted by molar-refractivity contribution is 0.0950. The Bertz CT molecular complexity index is 1010. The summed E-state index contributed by atoms with van der Waals surface area (Å²) in [7, 11) is 4.55. The summed E-state index contributed by atoms with van der Waals surface area (Å²) in [5.41, 5.74) is 4.34. The third kappa shape index (κ3) is 4.52. The van der Waals surface area contributed by atoms with Gasteiger partial charge in [-0.25, -0.2) is 9.82 Å². The molecule has 0 radical (unpaired) electrons. The minimum absolute atomic E-state index is 0.204. The first-order chi connectivity index (χ1) is 14.0. The van der Waals surface area contributed by atoms with Crippen molar-refractivity contribution in [2.75, 3.05) is 21.3 Å². The molecule has 0 bridgehead atoms. The number of rotatable bonds is 7. The zero-order chi connectivity index (χ0) is 20.8. The minimum atomic E-state index is -0.492. The average Bonchev–Trinajstić information content (AvgIpc) is 3.24. The number of aromatic nitrogens is 2. The van der Waals surface area contributed by atoms with Gasteiger partial charge in [0.25, 0.3) is 5.91 Å². The van der Waals surface area contributed by atoms with Gasteiger partial charge in [0.15, 0.2) is 0 Å². The van der Waals surface area contributed by atoms with Gasteiger partial charge >= 0.3 is 0 Å². The Morgan fingerprint density at radius 1 is 1.07 bits per heavy atom. The standard InChI is InChI=1S/C20H19FN4O4/c1-27-14-8-18(28-2)15(19(9-14)29-3)11-22-25-20(26)17-10-16(23-24-17)12-4-6-13(21)7-5-12/h4-11H,1-3H3,(H,23,24)(H,25,26). The fourth-order valence-electron chi connectivity index (χ4n) is 2.58. The highest BCUT2D eigenvalue weighted by molar-refractivity contribution is 5.95. The maximum atomic E-state index is 13.0. The molecule has 1 amide bonds. The molecule has 9 heteroatoms. The number of methoxy groups -OCH3 is 3. The van der Waals surface area contributed by atoms with Crippen molar-refractivity contribution in [3.05, 3.63) is 59.5 Å². The molecule has 3 rings (SSSR count). The van der Waals surface area contributed by atoms with Crippen molar-refractivity contribution in [1.29, 1.82) is 0 Å². The second-order valence-electron chi connectivity index (χ2n) is 5.82. The van der Waals surface area contributed by atoms with E-state index in [0.29, 0.717) is 34.1 Å². The number of carbonyl (C=O) groups is 1. The van der Waals surface area contributed by atoms with Gasteiger partial charge in [0.2, 0.25) is 0 Å². The Balaban J connectivity index is 1.74. The smallest absolute Gasteiger partial charge is 0.289 e. The normalized spacial score (nSPS) is 10.8. The monoisotopic (exact) mass is 398 g/mol. The predicted octanol–water partition coefficient (Wildman–Crippen LogP) is 3.01. The van der Waals surface area contributed by atoms with Gasteiger partial charge in [-0.1, -0.05) is 0 Å². The molecule has 0 aliphatic carbocycles. The van der Waals surface area contributed by atoms with E-state index >= 15 is 0 Å². The number of aromatic amines is 1. The van der Waals surface area contributed by atoms with Crippen molar-refractivity contribution in [3.63, 3.8) is 0 Å². The molecule has 0 saturated carbocycles. The molecule has 0 unspecified atom stereocenters. The first-order valence-corrected chi connectivity index (χ1v) is 8.50. The molecule has 8 nitrogen and oxygen atoms in total. The summed E-state index contributed by atoms with van der Waals surface area (Å²) in [5.74, 6) is 0.666. The number of nitrogens with one attached hydrogen (secondary N) is 2. The van der Waals surface area contributed by atoms with Crippen molar-refractivity contribution < 1.29 is 23.4 Å². The summed E-state index contributed by atoms with van der Waals surface area (Å²) in [4.78, 5) is 12.3. The molecule has 150 valence electrons. The van der Waals surface area contributed by atoms with Crippen molar-refractivity contribution in [3.8, 4) is 28.5 Å². The highest BCUT2D eigenvalue weighted by atomic mass is 19.1. The highest BCUT2D eigenvalue weighted by Gasteiger charge is 2.13. The van der Waals surface area contributed by atoms with E-state index in [-0.39, 0.29) is 11.5 Å². The highest BCUT2D eigenvalue weighted by Crippen LogP contribution is 2.32. The number of hydrogen-bond acceptors (Lipinski definition) is 6. The minimum Gasteiger partial charge on any atom is -0.496 e. The van der Waals surface area contributed by atoms with Gasteiger partial charge in [0, 0.05) is 17.7 Å². The van der Waals surface area contributed by atoms with Crippen LogP contribution in [0.25, 0.3) is 11.3 Å². The topological polar surface area (TPSA) is 97.8 Å². The number of nitrogens with zero attached hydrogens (tertiary/aromatic N) is 2. The van der Waals surface area contributed by atoms with Gasteiger partial charge in [-0.3, -0.25) is 9.89 Å². The number of benzene rings is 2. The molecule has 0 spiro atoms. The maximum Gasteiger partial charge on any atom is 0.289 e. The molecular weight excluding hydrogens is 379 g/mol. The van der Waals surface area contributed by atoms with E-state index in [1.54, 1.807) is 30.3 Å². The molecule has 0 fully saturated rings. The Morgan fingerprint density at radius 2 is 1.72 bits per heavy atom. The third-order valence-corrected chi connectivity index (χ3v) is 4.08. The first-order valence-electron chi connectivity index (χ1n) is 8.50. The van der Waals surface area contributed by atoms with Crippen LogP contribution in [-0.4, -0.2) is 43.6 Å². The molecule has 0 aliphatic heterocycles. The number of carbonyl (C=O) groups excluding carboxylic acids is 1. The van der Waals surface area contributed by atoms with E-state index in [9.17, 15) is 9.18 Å². The van der Waals surface area contributed by atoms with E-state index in [1.165, 1.54) is 39.7 Å². The molecule has 0 saturated heterocycles. The number of hydrazone groups is 1. The van der Waals surface area contributed by atoms with Crippen LogP contribution in [0.15, 0.2) is 47.6 Å². The first kappa shape index (κ1) is 19.9. The van der Waals surface area contributed by atoms with Crippen molar-refractivity contribution >= 4 is 12.1 Å². The van der Waals surface area contributed by atoms with Crippen LogP contribution in [0.4, 0.5) is 4.39 Å². The van der Waals surface area contributed by atoms with Gasteiger partial charge in [-0.15, -0.1) is 0 Å². The number of H-pyrrole nitrogens is 1. The SMILES string of the molecule is COc1cc(OC)c(C=NNC(=O)c2cc(-c3ccc(F)cc3)n[nH]2)c(OC)c1. The molecule has 2 aromatic carbocycles. The molecule has 29 heavy (non-hydrogen) atoms. The second kappa shape index (κ2) is 8.87. The zero-order valence-electron chi connectivity index (χ0n) is 16.0. The fourth-order valence-corrected chi connectivity index (χ4v) is 2.58. The molecule has 1 aromatic heterocycles. The molecule has 1 heterocycles. The number of hydrogen-bond donors (Lipinski definition) is 2. The van der Waals surface area contributed by atoms with E-state index in [0.717, 1.165) is 0 Å². The largest absolute Gasteiger partial charge is 0.496 e. The number of amides is 1. The second-order valence-corrected chi connectivity index (χ2v) is 5.82. The lowest BCUT2D eigenvalue weighted by Crippen LogP contribution is -2.18. The Hall–Kier alpha value is -3.88. The summed E-state index contributed by atoms with van der Waals surface area (Å²) in [6, 6.07) is 10.7. The summed E-state index contributed by atoms with van der Waals surface area (Å²) in [6.07, 6.45) is 1.41. The predicted molar refractivity (Wildman–Crippen MR) is 105 cm³/mol. The van der Waals surface area contributed by atoms with Crippen LogP contribution < -0.4 is 19.6 Å². The lowest BCUT2D eigenvalue weighted by Gasteiger charge is -2.12. The lowest BCUT2D eigenvalue weighted by atomic mass is 10.1. The molecule has 0 atom stereocenters. The molecule has 0 aliphatic rings. The zero-order valence-corrected chi connectivity index (χ0v) is 16.0. The van der Waals surface area contributed by atoms with Gasteiger partial charge in [0.1, 0.15) is 28.8 Å². The summed E-state index contributed by atoms with van der Waals surface area (Å²) in [5, 5.41) is 10.7. The van der Waals surface area contributed by atoms with Crippen molar-refractivity contribution in [2.24, 2.45) is 5.10 Å². The van der Waals surface area contributed by atoms with Crippen LogP contribution in [0, 0.1) is 5.82 Å². The average molecular weight is 398 g/mol. The van der Waals surface area contributed by atoms with E-state index in [2.05, 4.69) is 20.7 Å². The fraction of sp³-hybridized carbons (Fsp3) is 0.150. The molecular formula is C20H19FN4O4. The summed E-state index contributed by atoms with van der Waals surface area (Å²) < 4.78 is 28.9. The van der Waals surface area contributed by atoms with E-state index in [1.807, 2.05) is 0 Å². The molecule has 3 aromatic rings. The maximum absolute atomic E-state index is 13.0. The van der Waals surface area contributed by atoms with Gasteiger partial charge in [-0.05, 0) is 30.3 Å². The Morgan fingerprint density at radius 3 is 2.31 bits per heavy atom.